The van der Waals surface area contributed by atoms with Crippen LogP contribution in [-0.4, -0.2) is 74.3 Å². The molecule has 0 rings (SSSR count). The Labute approximate surface area is 89.4 Å². The van der Waals surface area contributed by atoms with Crippen LogP contribution in [0.15, 0.2) is 0 Å². The lowest BCUT2D eigenvalue weighted by Crippen LogP contribution is -2.26. The topological polar surface area (TPSA) is 88.4 Å². The molecule has 0 aromatic rings. The summed E-state index contributed by atoms with van der Waals surface area (Å²) in [5.41, 5.74) is 0. The van der Waals surface area contributed by atoms with Gasteiger partial charge in [0.2, 0.25) is 0 Å². The predicted molar refractivity (Wildman–Crippen MR) is 52.6 cm³/mol. The molecule has 0 saturated heterocycles. The number of hydrogen-bond donors (Lipinski definition) is 3. The maximum absolute atomic E-state index is 8.88. The normalized spacial score (nSPS) is 13.0. The van der Waals surface area contributed by atoms with Gasteiger partial charge in [0.1, 0.15) is 6.10 Å². The van der Waals surface area contributed by atoms with Crippen LogP contribution in [0.5, 0.6) is 0 Å². The van der Waals surface area contributed by atoms with Crippen LogP contribution < -0.4 is 0 Å². The van der Waals surface area contributed by atoms with Crippen molar-refractivity contribution in [2.24, 2.45) is 0 Å². The SMILES string of the molecule is OCCOCCOC(CO)COCCO. The van der Waals surface area contributed by atoms with Gasteiger partial charge in [-0.2, -0.15) is 0 Å². The highest BCUT2D eigenvalue weighted by Crippen LogP contribution is 1.92. The summed E-state index contributed by atoms with van der Waals surface area (Å²) in [5, 5.41) is 25.7. The molecule has 6 heteroatoms. The van der Waals surface area contributed by atoms with Gasteiger partial charge in [-0.15, -0.1) is 0 Å². The lowest BCUT2D eigenvalue weighted by molar-refractivity contribution is -0.0639. The minimum absolute atomic E-state index is 0.0109. The molecule has 0 aliphatic heterocycles. The van der Waals surface area contributed by atoms with Crippen molar-refractivity contribution in [2.75, 3.05) is 52.9 Å². The Kier molecular flexibility index (Phi) is 11.6. The van der Waals surface area contributed by atoms with Gasteiger partial charge in [-0.3, -0.25) is 0 Å². The summed E-state index contributed by atoms with van der Waals surface area (Å²) in [5.74, 6) is 0. The van der Waals surface area contributed by atoms with E-state index in [4.69, 9.17) is 29.5 Å². The largest absolute Gasteiger partial charge is 0.394 e. The molecule has 0 aromatic carbocycles. The molecule has 0 aliphatic rings. The molecule has 6 nitrogen and oxygen atoms in total. The zero-order valence-corrected chi connectivity index (χ0v) is 8.80. The van der Waals surface area contributed by atoms with E-state index in [1.54, 1.807) is 0 Å². The number of aliphatic hydroxyl groups is 3. The molecule has 0 aromatic heterocycles. The fourth-order valence-corrected chi connectivity index (χ4v) is 0.873. The lowest BCUT2D eigenvalue weighted by Gasteiger charge is -2.15. The summed E-state index contributed by atoms with van der Waals surface area (Å²) >= 11 is 0. The molecule has 0 saturated carbocycles. The summed E-state index contributed by atoms with van der Waals surface area (Å²) in [7, 11) is 0. The smallest absolute Gasteiger partial charge is 0.104 e. The van der Waals surface area contributed by atoms with E-state index >= 15 is 0 Å². The van der Waals surface area contributed by atoms with Gasteiger partial charge in [-0.05, 0) is 0 Å². The summed E-state index contributed by atoms with van der Waals surface area (Å²) in [6, 6.07) is 0. The molecular formula is C9H20O6. The number of hydrogen-bond acceptors (Lipinski definition) is 6. The van der Waals surface area contributed by atoms with Crippen LogP contribution in [0.4, 0.5) is 0 Å². The summed E-state index contributed by atoms with van der Waals surface area (Å²) in [4.78, 5) is 0. The van der Waals surface area contributed by atoms with Crippen LogP contribution in [0.25, 0.3) is 0 Å². The minimum atomic E-state index is -0.394. The fourth-order valence-electron chi connectivity index (χ4n) is 0.873. The third kappa shape index (κ3) is 10.1. The van der Waals surface area contributed by atoms with Crippen molar-refractivity contribution in [3.63, 3.8) is 0 Å². The van der Waals surface area contributed by atoms with Crippen molar-refractivity contribution < 1.29 is 29.5 Å². The van der Waals surface area contributed by atoms with Gasteiger partial charge in [0.15, 0.2) is 0 Å². The molecule has 0 bridgehead atoms. The van der Waals surface area contributed by atoms with Gasteiger partial charge in [0.25, 0.3) is 0 Å². The summed E-state index contributed by atoms with van der Waals surface area (Å²) in [6.45, 7) is 1.29. The highest BCUT2D eigenvalue weighted by Gasteiger charge is 2.07. The summed E-state index contributed by atoms with van der Waals surface area (Å²) in [6.07, 6.45) is -0.394. The third-order valence-electron chi connectivity index (χ3n) is 1.56. The second-order valence-electron chi connectivity index (χ2n) is 2.81. The van der Waals surface area contributed by atoms with Crippen LogP contribution in [0.3, 0.4) is 0 Å². The fraction of sp³-hybridized carbons (Fsp3) is 1.00. The standard InChI is InChI=1S/C9H20O6/c10-1-3-13-5-6-15-9(7-12)8-14-4-2-11/h9-12H,1-8H2. The highest BCUT2D eigenvalue weighted by atomic mass is 16.6. The molecule has 0 radical (unpaired) electrons. The second kappa shape index (κ2) is 11.8. The predicted octanol–water partition coefficient (Wildman–Crippen LogP) is -1.62. The Hall–Kier alpha value is -0.240. The van der Waals surface area contributed by atoms with Gasteiger partial charge in [0.05, 0.1) is 52.9 Å². The molecule has 1 unspecified atom stereocenters. The van der Waals surface area contributed by atoms with Crippen molar-refractivity contribution in [1.29, 1.82) is 0 Å². The van der Waals surface area contributed by atoms with Crippen molar-refractivity contribution in [3.05, 3.63) is 0 Å². The maximum Gasteiger partial charge on any atom is 0.104 e. The van der Waals surface area contributed by atoms with Gasteiger partial charge in [0, 0.05) is 0 Å². The molecule has 0 spiro atoms. The van der Waals surface area contributed by atoms with Crippen molar-refractivity contribution in [1.82, 2.24) is 0 Å². The minimum Gasteiger partial charge on any atom is -0.394 e. The Bertz CT molecular complexity index is 121. The number of rotatable bonds is 11. The van der Waals surface area contributed by atoms with E-state index in [1.165, 1.54) is 0 Å². The average Bonchev–Trinajstić information content (AvgIpc) is 2.26. The molecule has 0 fully saturated rings. The van der Waals surface area contributed by atoms with E-state index in [2.05, 4.69) is 0 Å². The molecule has 0 aliphatic carbocycles. The monoisotopic (exact) mass is 224 g/mol. The maximum atomic E-state index is 8.88. The summed E-state index contributed by atoms with van der Waals surface area (Å²) < 4.78 is 15.2. The molecule has 0 amide bonds. The molecular weight excluding hydrogens is 204 g/mol. The molecule has 92 valence electrons. The van der Waals surface area contributed by atoms with Gasteiger partial charge in [-0.1, -0.05) is 0 Å². The van der Waals surface area contributed by atoms with Crippen LogP contribution in [0.2, 0.25) is 0 Å². The Morgan fingerprint density at radius 1 is 0.800 bits per heavy atom. The average molecular weight is 224 g/mol. The van der Waals surface area contributed by atoms with E-state index in [0.717, 1.165) is 0 Å². The number of aliphatic hydroxyl groups excluding tert-OH is 3. The van der Waals surface area contributed by atoms with Crippen molar-refractivity contribution in [2.45, 2.75) is 6.10 Å². The van der Waals surface area contributed by atoms with E-state index < -0.39 is 6.10 Å². The van der Waals surface area contributed by atoms with Gasteiger partial charge in [-0.25, -0.2) is 0 Å². The first-order chi connectivity index (χ1) is 7.35. The number of ether oxygens (including phenoxy) is 3. The van der Waals surface area contributed by atoms with E-state index in [9.17, 15) is 0 Å². The van der Waals surface area contributed by atoms with Crippen LogP contribution >= 0.6 is 0 Å². The Balaban J connectivity index is 3.28. The van der Waals surface area contributed by atoms with Crippen LogP contribution in [0, 0.1) is 0 Å². The van der Waals surface area contributed by atoms with Crippen LogP contribution in [-0.2, 0) is 14.2 Å². The molecule has 15 heavy (non-hydrogen) atoms. The van der Waals surface area contributed by atoms with E-state index in [0.29, 0.717) is 13.2 Å². The zero-order chi connectivity index (χ0) is 11.4. The van der Waals surface area contributed by atoms with E-state index in [-0.39, 0.29) is 39.6 Å². The highest BCUT2D eigenvalue weighted by molar-refractivity contribution is 4.53. The molecule has 0 heterocycles. The quantitative estimate of drug-likeness (QED) is 0.366. The van der Waals surface area contributed by atoms with Gasteiger partial charge < -0.3 is 29.5 Å². The zero-order valence-electron chi connectivity index (χ0n) is 8.80. The Morgan fingerprint density at radius 2 is 1.47 bits per heavy atom. The van der Waals surface area contributed by atoms with Crippen LogP contribution in [0.1, 0.15) is 0 Å². The second-order valence-corrected chi connectivity index (χ2v) is 2.81. The Morgan fingerprint density at radius 3 is 2.07 bits per heavy atom. The van der Waals surface area contributed by atoms with Crippen molar-refractivity contribution >= 4 is 0 Å². The van der Waals surface area contributed by atoms with Gasteiger partial charge >= 0.3 is 0 Å². The molecule has 1 atom stereocenters. The van der Waals surface area contributed by atoms with E-state index in [1.807, 2.05) is 0 Å². The lowest BCUT2D eigenvalue weighted by atomic mass is 10.4. The first-order valence-electron chi connectivity index (χ1n) is 4.94. The van der Waals surface area contributed by atoms with Crippen molar-refractivity contribution in [3.8, 4) is 0 Å². The third-order valence-corrected chi connectivity index (χ3v) is 1.56. The molecule has 3 N–H and O–H groups in total. The first-order valence-corrected chi connectivity index (χ1v) is 4.94. The first kappa shape index (κ1) is 14.8.